The number of halogens is 2. The second-order valence-corrected chi connectivity index (χ2v) is 34.5. The number of carboxylic acids is 1. The van der Waals surface area contributed by atoms with Gasteiger partial charge in [-0.25, -0.2) is 48.9 Å². The topological polar surface area (TPSA) is 527 Å². The number of nitrogens with one attached hydrogen (secondary N) is 9. The molecule has 0 unspecified atom stereocenters. The number of hydrogen-bond acceptors (Lipinski definition) is 32. The number of aromatic nitrogens is 10. The number of ether oxygens (including phenoxy) is 10. The van der Waals surface area contributed by atoms with Crippen molar-refractivity contribution in [2.45, 2.75) is 110 Å². The van der Waals surface area contributed by atoms with Crippen LogP contribution in [0.1, 0.15) is 136 Å². The Hall–Kier alpha value is -13.3. The summed E-state index contributed by atoms with van der Waals surface area (Å²) in [5.41, 5.74) is 16.2. The summed E-state index contributed by atoms with van der Waals surface area (Å²) >= 11 is 12.2. The summed E-state index contributed by atoms with van der Waals surface area (Å²) in [7, 11) is 7.79. The smallest absolute Gasteiger partial charge is 0.341 e. The average Bonchev–Trinajstić information content (AvgIpc) is 1.59. The first-order valence-corrected chi connectivity index (χ1v) is 47.6. The number of carboxylic acid groups (broad SMARTS) is 1. The molecule has 8 atom stereocenters. The number of hydrogen-bond donors (Lipinski definition) is 12. The molecule has 762 valence electrons. The van der Waals surface area contributed by atoms with Gasteiger partial charge in [0.15, 0.2) is 0 Å². The summed E-state index contributed by atoms with van der Waals surface area (Å²) < 4.78 is 49.9. The quantitative estimate of drug-likeness (QED) is 0.0106. The number of carbonyl (C=O) groups is 7. The van der Waals surface area contributed by atoms with Crippen LogP contribution in [-0.4, -0.2) is 301 Å². The van der Waals surface area contributed by atoms with E-state index >= 15 is 0 Å². The van der Waals surface area contributed by atoms with Crippen molar-refractivity contribution in [1.82, 2.24) is 69.9 Å². The minimum atomic E-state index is -1.07. The fourth-order valence-corrected chi connectivity index (χ4v) is 16.2. The van der Waals surface area contributed by atoms with Crippen LogP contribution in [-0.2, 0) is 70.0 Å². The number of aliphatic hydroxyl groups is 1. The Morgan fingerprint density at radius 2 is 0.782 bits per heavy atom. The van der Waals surface area contributed by atoms with Gasteiger partial charge in [0.25, 0.3) is 0 Å². The highest BCUT2D eigenvalue weighted by atomic mass is 35.5. The molecule has 16 rings (SSSR count). The third-order valence-electron chi connectivity index (χ3n) is 23.8. The molecule has 12 aromatic rings. The van der Waals surface area contributed by atoms with Gasteiger partial charge in [0.1, 0.15) is 84.2 Å². The molecular formula is C101H130Cl2N20O19. The molecule has 4 saturated heterocycles. The monoisotopic (exact) mass is 2000 g/mol. The van der Waals surface area contributed by atoms with E-state index in [1.807, 2.05) is 42.7 Å². The van der Waals surface area contributed by atoms with Crippen molar-refractivity contribution in [2.75, 3.05) is 177 Å². The molecule has 0 spiro atoms. The van der Waals surface area contributed by atoms with Crippen LogP contribution in [0.2, 0.25) is 10.0 Å². The van der Waals surface area contributed by atoms with Crippen LogP contribution in [0.15, 0.2) is 153 Å². The van der Waals surface area contributed by atoms with Crippen LogP contribution >= 0.6 is 23.2 Å². The molecule has 142 heavy (non-hydrogen) atoms. The molecule has 2 aromatic carbocycles. The normalized spacial score (nSPS) is 17.6. The van der Waals surface area contributed by atoms with E-state index in [-0.39, 0.29) is 86.9 Å². The third-order valence-corrected chi connectivity index (χ3v) is 24.6. The van der Waals surface area contributed by atoms with E-state index in [0.29, 0.717) is 137 Å². The van der Waals surface area contributed by atoms with Gasteiger partial charge in [0.2, 0.25) is 5.91 Å². The van der Waals surface area contributed by atoms with Crippen LogP contribution in [0.25, 0.3) is 55.2 Å². The van der Waals surface area contributed by atoms with Crippen molar-refractivity contribution >= 4 is 137 Å². The van der Waals surface area contributed by atoms with Gasteiger partial charge in [0, 0.05) is 194 Å². The number of H-pyrrole nitrogens is 5. The first kappa shape index (κ1) is 112. The molecule has 13 N–H and O–H groups in total. The highest BCUT2D eigenvalue weighted by Gasteiger charge is 2.34. The average molecular weight is 2000 g/mol. The predicted molar refractivity (Wildman–Crippen MR) is 540 cm³/mol. The lowest BCUT2D eigenvalue weighted by molar-refractivity contribution is -0.136. The minimum absolute atomic E-state index is 0.0718. The maximum Gasteiger partial charge on any atom is 0.341 e. The molecular weight excluding hydrogens is 1870 g/mol. The number of rotatable bonds is 32. The van der Waals surface area contributed by atoms with Crippen LogP contribution in [0, 0.1) is 46.3 Å². The van der Waals surface area contributed by atoms with E-state index in [1.165, 1.54) is 63.0 Å². The predicted octanol–water partition coefficient (Wildman–Crippen LogP) is 13.3. The van der Waals surface area contributed by atoms with Gasteiger partial charge in [-0.1, -0.05) is 112 Å². The lowest BCUT2D eigenvalue weighted by Gasteiger charge is -2.38. The largest absolute Gasteiger partial charge is 0.480 e. The number of esters is 5. The van der Waals surface area contributed by atoms with Gasteiger partial charge in [-0.05, 0) is 117 Å². The number of likely N-dealkylation sites (tertiary alicyclic amines) is 3. The Kier molecular flexibility index (Phi) is 47.6. The minimum Gasteiger partial charge on any atom is -0.480 e. The Bertz CT molecular complexity index is 6030. The summed E-state index contributed by atoms with van der Waals surface area (Å²) in [6, 6.07) is 34.6. The van der Waals surface area contributed by atoms with Gasteiger partial charge in [0.05, 0.1) is 96.6 Å². The van der Waals surface area contributed by atoms with Crippen molar-refractivity contribution < 1.29 is 91.1 Å². The zero-order valence-corrected chi connectivity index (χ0v) is 83.3. The molecule has 4 aliphatic heterocycles. The number of nitrogens with two attached hydrogens (primary N) is 1. The third kappa shape index (κ3) is 34.0. The maximum absolute atomic E-state index is 12.8. The molecule has 10 aromatic heterocycles. The van der Waals surface area contributed by atoms with E-state index in [9.17, 15) is 33.6 Å². The van der Waals surface area contributed by atoms with Crippen LogP contribution in [0.3, 0.4) is 0 Å². The van der Waals surface area contributed by atoms with Crippen molar-refractivity contribution in [3.05, 3.63) is 202 Å². The number of carbonyl (C=O) groups excluding carboxylic acids is 6. The number of pyridine rings is 5. The first-order valence-electron chi connectivity index (χ1n) is 46.9. The van der Waals surface area contributed by atoms with Crippen LogP contribution < -0.4 is 27.0 Å². The molecule has 1 amide bonds. The Labute approximate surface area is 834 Å². The van der Waals surface area contributed by atoms with Gasteiger partial charge in [-0.2, -0.15) is 10.5 Å². The van der Waals surface area contributed by atoms with E-state index in [2.05, 4.69) is 168 Å². The van der Waals surface area contributed by atoms with Crippen molar-refractivity contribution in [3.63, 3.8) is 0 Å². The lowest BCUT2D eigenvalue weighted by Crippen LogP contribution is -2.49. The number of anilines is 3. The van der Waals surface area contributed by atoms with Crippen molar-refractivity contribution in [1.29, 1.82) is 10.5 Å². The molecule has 4 fully saturated rings. The summed E-state index contributed by atoms with van der Waals surface area (Å²) in [6.07, 6.45) is 20.0. The molecule has 0 aliphatic carbocycles. The number of nitrogens with zero attached hydrogens (tertiary/aromatic N) is 10. The van der Waals surface area contributed by atoms with E-state index in [4.69, 9.17) is 92.3 Å². The molecule has 41 heteroatoms. The second-order valence-electron chi connectivity index (χ2n) is 33.8. The number of benzene rings is 2. The number of aromatic amines is 5. The number of aliphatic hydroxyl groups excluding tert-OH is 1. The van der Waals surface area contributed by atoms with E-state index in [1.54, 1.807) is 76.3 Å². The summed E-state index contributed by atoms with van der Waals surface area (Å²) in [5, 5.41) is 50.9. The van der Waals surface area contributed by atoms with Gasteiger partial charge < -0.3 is 114 Å². The Morgan fingerprint density at radius 3 is 1.14 bits per heavy atom. The van der Waals surface area contributed by atoms with E-state index < -0.39 is 30.3 Å². The highest BCUT2D eigenvalue weighted by molar-refractivity contribution is 6.38. The first-order chi connectivity index (χ1) is 68.8. The fourth-order valence-electron chi connectivity index (χ4n) is 15.6. The fraction of sp³-hybridized carbons (Fsp3) is 0.446. The number of amides is 1. The summed E-state index contributed by atoms with van der Waals surface area (Å²) in [5.74, 6) is -1.50. The number of nitriles is 2. The molecule has 0 radical (unpaired) electrons. The summed E-state index contributed by atoms with van der Waals surface area (Å²) in [4.78, 5) is 125. The molecule has 14 heterocycles. The van der Waals surface area contributed by atoms with Gasteiger partial charge in [-0.3, -0.25) is 19.4 Å². The van der Waals surface area contributed by atoms with Gasteiger partial charge in [-0.15, -0.1) is 0 Å². The van der Waals surface area contributed by atoms with Crippen molar-refractivity contribution in [2.24, 2.45) is 29.4 Å². The molecule has 4 aliphatic rings. The Balaban J connectivity index is 0.000000189. The summed E-state index contributed by atoms with van der Waals surface area (Å²) in [6.45, 7) is 22.8. The van der Waals surface area contributed by atoms with Crippen molar-refractivity contribution in [3.8, 4) is 12.1 Å². The second kappa shape index (κ2) is 60.1. The van der Waals surface area contributed by atoms with Crippen LogP contribution in [0.5, 0.6) is 0 Å². The number of piperidine rings is 4. The maximum atomic E-state index is 12.8. The highest BCUT2D eigenvalue weighted by Crippen LogP contribution is 2.35. The van der Waals surface area contributed by atoms with E-state index in [0.717, 1.165) is 109 Å². The number of methoxy groups -OCH3 is 5. The van der Waals surface area contributed by atoms with Crippen LogP contribution in [0.4, 0.5) is 17.1 Å². The standard InChI is InChI=1S/C24H30N4O3.C20H25N5O4.C17H24N4O3.C13H20N2.C11H11ClN2O3.C10H9ClN2O2.C3H3NO2.C3H8O2/c1-17-9-11-28(15-18-6-4-3-5-7-18)16-21(17)27-22-19-8-10-25-23(19)26-14-20(22)24(29)31-13-12-30-2;1-13-5-8-25(17(26)3-6-21)12-16(13)24-18-14-4-7-22-19(14)23-11-15(18)20(27)29-10-9-28-2;1-11-3-5-18-10-14(11)21-15-12-4-6-19-16(12)20-9-13(15)17(22)24-8-7-23-2;1-11-7-8-15(10-13(11)14)9-12-5-3-2-4-6-12;1-16-4-5-17-11(15)8-6-14-10-7(9(8)12)2-3-13-10;1-2-15-10(14)7-5-13-9-6(8(7)11)3-4-12-9;4-2-1-3(5)6;1-5-3-2-4/h3-8,10,14,17,21H,9,11-13,15-16H2,1-2H3,(H2,25,26,27);4,7,11,13,16H,3,5,8-10,12H2,1-2H3,(H2,22,23,24);4,6,9,11,14,18H,3,5,7-8,10H2,1-2H3,(H2,19,20,21);2-6,11,13H,7-10,14H2,1H3;2-3,6H,4-5H2,1H3,(H,13,14);3-5H,2H2,1H3,(H,12,13);1H2,(H,5,6);4H,2-3H2,1H3/t17-,21+;13-,16+;11-,14+;11-,13+;;;;/m1111..../s1. The molecule has 0 saturated carbocycles. The molecule has 0 bridgehead atoms. The lowest BCUT2D eigenvalue weighted by atomic mass is 9.92. The number of fused-ring (bicyclic) bond motifs is 5. The SMILES string of the molecule is CCOC(=O)c1cnc2[nH]ccc2c1Cl.COCCO.COCCOC(=O)c1cnc2[nH]ccc2c1Cl.COCCOC(=O)c1cnc2[nH]ccc2c1N[C@H]1CN(C(=O)CC#N)CC[C@H]1C.COCCOC(=O)c1cnc2[nH]ccc2c1N[C@H]1CN(Cc2ccccc2)CC[C@H]1C.COCCOC(=O)c1cnc2[nH]ccc2c1N[C@H]1CNCC[C@H]1C.C[C@@H]1CCN(Cc2ccccc2)C[C@@H]1N.N#CCC(=O)O. The zero-order valence-electron chi connectivity index (χ0n) is 81.8. The zero-order chi connectivity index (χ0) is 102. The Morgan fingerprint density at radius 1 is 0.437 bits per heavy atom. The molecule has 39 nitrogen and oxygen atoms in total. The number of aliphatic carboxylic acids is 1. The van der Waals surface area contributed by atoms with Gasteiger partial charge >= 0.3 is 35.8 Å².